The molecule has 1 spiro atoms. The Bertz CT molecular complexity index is 2480. The van der Waals surface area contributed by atoms with Crippen molar-refractivity contribution < 1.29 is 29.3 Å². The molecule has 63 heavy (non-hydrogen) atoms. The van der Waals surface area contributed by atoms with Gasteiger partial charge in [0, 0.05) is 11.8 Å². The van der Waals surface area contributed by atoms with Crippen molar-refractivity contribution in [3.8, 4) is 17.2 Å². The van der Waals surface area contributed by atoms with Gasteiger partial charge in [0.15, 0.2) is 17.2 Å². The molecule has 2 aliphatic carbocycles. The van der Waals surface area contributed by atoms with Crippen LogP contribution < -0.4 is 14.7 Å². The van der Waals surface area contributed by atoms with Gasteiger partial charge in [0.2, 0.25) is 0 Å². The lowest BCUT2D eigenvalue weighted by molar-refractivity contribution is -0.218. The minimum atomic E-state index is -0.112. The second-order valence-electron chi connectivity index (χ2n) is 19.1. The summed E-state index contributed by atoms with van der Waals surface area (Å²) in [5.41, 5.74) is 14.2. The average Bonchev–Trinajstić information content (AvgIpc) is 3.64. The Morgan fingerprint density at radius 3 is 1.51 bits per heavy atom. The van der Waals surface area contributed by atoms with E-state index in [0.717, 1.165) is 62.5 Å². The number of aryl methyl sites for hydroxylation is 1. The first-order valence-corrected chi connectivity index (χ1v) is 22.6. The van der Waals surface area contributed by atoms with Gasteiger partial charge in [0.05, 0.1) is 0 Å². The van der Waals surface area contributed by atoms with Crippen LogP contribution in [-0.2, 0) is 57.0 Å². The summed E-state index contributed by atoms with van der Waals surface area (Å²) < 4.78 is 0. The Morgan fingerprint density at radius 1 is 0.492 bits per heavy atom. The molecule has 326 valence electrons. The van der Waals surface area contributed by atoms with Crippen molar-refractivity contribution in [2.24, 2.45) is 0 Å². The third-order valence-electron chi connectivity index (χ3n) is 12.9. The zero-order valence-corrected chi connectivity index (χ0v) is 37.9. The van der Waals surface area contributed by atoms with E-state index < -0.39 is 0 Å². The highest BCUT2D eigenvalue weighted by molar-refractivity contribution is 5.61. The Morgan fingerprint density at radius 2 is 0.937 bits per heavy atom. The Labute approximate surface area is 374 Å². The van der Waals surface area contributed by atoms with Gasteiger partial charge in [0.1, 0.15) is 19.0 Å². The summed E-state index contributed by atoms with van der Waals surface area (Å²) in [4.78, 5) is 33.7. The normalized spacial score (nSPS) is 16.7. The van der Waals surface area contributed by atoms with Gasteiger partial charge in [0.25, 0.3) is 0 Å². The molecule has 8 rings (SSSR count). The summed E-state index contributed by atoms with van der Waals surface area (Å²) in [5, 5.41) is 0. The van der Waals surface area contributed by atoms with E-state index in [1.807, 2.05) is 48.5 Å². The molecule has 0 amide bonds. The number of unbranched alkanes of at least 4 members (excludes halogenated alkanes) is 2. The van der Waals surface area contributed by atoms with Crippen molar-refractivity contribution in [3.63, 3.8) is 0 Å². The van der Waals surface area contributed by atoms with E-state index >= 15 is 0 Å². The third-order valence-corrected chi connectivity index (χ3v) is 12.9. The van der Waals surface area contributed by atoms with Crippen molar-refractivity contribution in [2.75, 3.05) is 0 Å². The lowest BCUT2D eigenvalue weighted by Crippen LogP contribution is -2.27. The molecule has 2 aliphatic rings. The summed E-state index contributed by atoms with van der Waals surface area (Å²) in [7, 11) is 0. The lowest BCUT2D eigenvalue weighted by Gasteiger charge is -2.30. The number of hydrogen-bond donors (Lipinski definition) is 0. The zero-order valence-electron chi connectivity index (χ0n) is 37.9. The molecule has 0 radical (unpaired) electrons. The lowest BCUT2D eigenvalue weighted by atomic mass is 9.72. The summed E-state index contributed by atoms with van der Waals surface area (Å²) in [6, 6.07) is 46.9. The van der Waals surface area contributed by atoms with Gasteiger partial charge in [-0.25, -0.2) is 0 Å². The van der Waals surface area contributed by atoms with E-state index in [0.29, 0.717) is 23.0 Å². The van der Waals surface area contributed by atoms with Crippen LogP contribution in [0.5, 0.6) is 17.2 Å². The number of benzene rings is 6. The average molecular weight is 843 g/mol. The second-order valence-corrected chi connectivity index (χ2v) is 19.1. The highest BCUT2D eigenvalue weighted by Gasteiger charge is 2.56. The largest absolute Gasteiger partial charge is 0.337 e. The third kappa shape index (κ3) is 10.4. The molecule has 6 aromatic carbocycles. The van der Waals surface area contributed by atoms with E-state index in [4.69, 9.17) is 29.3 Å². The van der Waals surface area contributed by atoms with E-state index in [2.05, 4.69) is 133 Å². The van der Waals surface area contributed by atoms with Gasteiger partial charge in [-0.3, -0.25) is 9.78 Å². The molecule has 6 nitrogen and oxygen atoms in total. The van der Waals surface area contributed by atoms with Gasteiger partial charge in [-0.15, -0.1) is 0 Å². The smallest absolute Gasteiger partial charge is 0.178 e. The second kappa shape index (κ2) is 18.9. The van der Waals surface area contributed by atoms with Crippen LogP contribution in [0.2, 0.25) is 0 Å². The highest BCUT2D eigenvalue weighted by Crippen LogP contribution is 2.63. The van der Waals surface area contributed by atoms with E-state index in [1.165, 1.54) is 50.1 Å². The maximum absolute atomic E-state index is 6.02. The van der Waals surface area contributed by atoms with E-state index in [9.17, 15) is 0 Å². The number of fused-ring (bicyclic) bond motifs is 4. The van der Waals surface area contributed by atoms with Crippen LogP contribution in [0.1, 0.15) is 134 Å². The van der Waals surface area contributed by atoms with Gasteiger partial charge in [-0.05, 0) is 142 Å². The summed E-state index contributed by atoms with van der Waals surface area (Å²) in [5.74, 6) is 2.54. The van der Waals surface area contributed by atoms with Crippen LogP contribution in [0.4, 0.5) is 0 Å². The molecule has 6 aromatic rings. The zero-order chi connectivity index (χ0) is 44.0. The molecule has 0 aromatic heterocycles. The minimum Gasteiger partial charge on any atom is -0.337 e. The van der Waals surface area contributed by atoms with E-state index in [-0.39, 0.29) is 29.5 Å². The van der Waals surface area contributed by atoms with Crippen LogP contribution in [0.15, 0.2) is 146 Å². The summed E-state index contributed by atoms with van der Waals surface area (Å²) in [6.07, 6.45) is 8.09. The predicted molar refractivity (Wildman–Crippen MR) is 251 cm³/mol. The molecule has 1 unspecified atom stereocenters. The molecule has 1 atom stereocenters. The quantitative estimate of drug-likeness (QED) is 0.0350. The Balaban J connectivity index is 0.867. The van der Waals surface area contributed by atoms with Gasteiger partial charge >= 0.3 is 0 Å². The maximum atomic E-state index is 6.02. The molecule has 0 saturated heterocycles. The molecule has 6 heteroatoms. The molecule has 0 heterocycles. The van der Waals surface area contributed by atoms with Gasteiger partial charge in [-0.2, -0.15) is 9.78 Å². The van der Waals surface area contributed by atoms with Crippen LogP contribution in [0.3, 0.4) is 0 Å². The van der Waals surface area contributed by atoms with Gasteiger partial charge in [-0.1, -0.05) is 157 Å². The number of hydrogen-bond acceptors (Lipinski definition) is 6. The van der Waals surface area contributed by atoms with Crippen LogP contribution in [-0.4, -0.2) is 0 Å². The van der Waals surface area contributed by atoms with Gasteiger partial charge < -0.3 is 9.78 Å². The fraction of sp³-hybridized carbons (Fsp3) is 0.333. The summed E-state index contributed by atoms with van der Waals surface area (Å²) >= 11 is 0. The predicted octanol–water partition coefficient (Wildman–Crippen LogP) is 14.3. The van der Waals surface area contributed by atoms with Crippen LogP contribution in [0, 0.1) is 6.92 Å². The SMILES string of the molecule is C=C(CCCCC)OOc1ccc(COOc2ccc(COOc3ccc4c(c3)C3(CC(C)(C)c5ccc(Cc6ccc(Cc7ccc(C)cc7)cc6)cc53)CC4(C)C)cc2)cc1. The first kappa shape index (κ1) is 43.8. The molecule has 0 bridgehead atoms. The van der Waals surface area contributed by atoms with Crippen molar-refractivity contribution in [2.45, 2.75) is 122 Å². The van der Waals surface area contributed by atoms with Crippen molar-refractivity contribution in [1.29, 1.82) is 0 Å². The molecule has 0 aliphatic heterocycles. The highest BCUT2D eigenvalue weighted by atomic mass is 17.2. The molecular formula is C57H62O6. The van der Waals surface area contributed by atoms with Crippen molar-refractivity contribution in [1.82, 2.24) is 0 Å². The minimum absolute atomic E-state index is 0.0154. The van der Waals surface area contributed by atoms with Crippen molar-refractivity contribution in [3.05, 3.63) is 207 Å². The molecular weight excluding hydrogens is 781 g/mol. The number of allylic oxidation sites excluding steroid dienone is 1. The monoisotopic (exact) mass is 842 g/mol. The molecule has 0 N–H and O–H groups in total. The molecule has 0 fully saturated rings. The standard InChI is InChI=1S/C57H62O6/c1-8-9-10-11-41(3)60-63-49-27-22-46(23-28-49)36-58-61-48-25-20-45(21-26-48)37-59-62-50-29-31-52-54(35-50)57(39-56(52,6)7)38-55(4,5)51-30-24-47(34-53(51)57)33-44-18-16-43(17-19-44)32-42-14-12-40(2)13-15-42/h12-31,34-35H,3,8-11,32-33,36-39H2,1-2,4-7H3. The Hall–Kier alpha value is -5.82. The maximum Gasteiger partial charge on any atom is 0.178 e. The van der Waals surface area contributed by atoms with Crippen LogP contribution >= 0.6 is 0 Å². The van der Waals surface area contributed by atoms with E-state index in [1.54, 1.807) is 0 Å². The Kier molecular flexibility index (Phi) is 13.1. The topological polar surface area (TPSA) is 55.4 Å². The molecule has 0 saturated carbocycles. The number of rotatable bonds is 19. The summed E-state index contributed by atoms with van der Waals surface area (Å²) in [6.45, 7) is 18.4. The first-order chi connectivity index (χ1) is 30.4. The fourth-order valence-corrected chi connectivity index (χ4v) is 9.82. The first-order valence-electron chi connectivity index (χ1n) is 22.6. The van der Waals surface area contributed by atoms with Crippen LogP contribution in [0.25, 0.3) is 0 Å². The van der Waals surface area contributed by atoms with Crippen molar-refractivity contribution >= 4 is 0 Å². The fourth-order valence-electron chi connectivity index (χ4n) is 9.82.